The number of carbonyl (C=O) groups excluding carboxylic acids is 3. The number of amides is 2. The number of benzene rings is 2. The van der Waals surface area contributed by atoms with Crippen LogP contribution in [0.1, 0.15) is 20.7 Å². The summed E-state index contributed by atoms with van der Waals surface area (Å²) in [5.41, 5.74) is 2.13. The maximum Gasteiger partial charge on any atom is 0.318 e. The van der Waals surface area contributed by atoms with E-state index in [2.05, 4.69) is 15.2 Å². The fraction of sp³-hybridized carbons (Fsp3) is 0.100. The summed E-state index contributed by atoms with van der Waals surface area (Å²) in [5.74, 6) is -1.62. The molecule has 0 N–H and O–H groups in total. The molecule has 0 saturated carbocycles. The molecule has 1 aliphatic rings. The van der Waals surface area contributed by atoms with Crippen LogP contribution in [0.15, 0.2) is 66.0 Å². The molecule has 0 saturated heterocycles. The third kappa shape index (κ3) is 3.99. The zero-order valence-corrected chi connectivity index (χ0v) is 15.8. The van der Waals surface area contributed by atoms with Crippen LogP contribution in [0.3, 0.4) is 0 Å². The Morgan fingerprint density at radius 2 is 1.59 bits per heavy atom. The molecule has 2 heterocycles. The molecule has 0 radical (unpaired) electrons. The van der Waals surface area contributed by atoms with E-state index in [1.54, 1.807) is 30.5 Å². The van der Waals surface area contributed by atoms with Crippen LogP contribution in [-0.4, -0.2) is 50.3 Å². The normalized spacial score (nSPS) is 12.8. The molecule has 9 heteroatoms. The first-order valence-electron chi connectivity index (χ1n) is 8.62. The van der Waals surface area contributed by atoms with Gasteiger partial charge in [0.15, 0.2) is 6.73 Å². The topological polar surface area (TPSA) is 102 Å². The summed E-state index contributed by atoms with van der Waals surface area (Å²) in [6.07, 6.45) is 1.58. The van der Waals surface area contributed by atoms with Crippen LogP contribution in [0.5, 0.6) is 0 Å². The molecule has 0 unspecified atom stereocenters. The predicted octanol–water partition coefficient (Wildman–Crippen LogP) is 2.43. The number of fused-ring (bicyclic) bond motifs is 1. The maximum absolute atomic E-state index is 12.2. The Labute approximate surface area is 169 Å². The second-order valence-electron chi connectivity index (χ2n) is 6.01. The molecule has 3 aromatic rings. The number of carbonyl (C=O) groups is 3. The van der Waals surface area contributed by atoms with Crippen molar-refractivity contribution in [3.63, 3.8) is 0 Å². The summed E-state index contributed by atoms with van der Waals surface area (Å²) < 4.78 is 5.06. The first-order chi connectivity index (χ1) is 14.1. The van der Waals surface area contributed by atoms with Crippen molar-refractivity contribution in [1.29, 1.82) is 0 Å². The average molecular weight is 406 g/mol. The van der Waals surface area contributed by atoms with Gasteiger partial charge in [-0.2, -0.15) is 0 Å². The van der Waals surface area contributed by atoms with Crippen LogP contribution in [-0.2, 0) is 9.53 Å². The Balaban J connectivity index is 1.29. The number of imide groups is 1. The highest BCUT2D eigenvalue weighted by Gasteiger charge is 2.35. The van der Waals surface area contributed by atoms with Crippen LogP contribution in [0, 0.1) is 0 Å². The van der Waals surface area contributed by atoms with E-state index in [1.165, 1.54) is 0 Å². The van der Waals surface area contributed by atoms with Gasteiger partial charge in [0.25, 0.3) is 11.8 Å². The van der Waals surface area contributed by atoms with Gasteiger partial charge in [-0.05, 0) is 12.1 Å². The predicted molar refractivity (Wildman–Crippen MR) is 104 cm³/mol. The quantitative estimate of drug-likeness (QED) is 0.349. The van der Waals surface area contributed by atoms with Gasteiger partial charge in [0.05, 0.1) is 23.1 Å². The van der Waals surface area contributed by atoms with Crippen molar-refractivity contribution in [2.75, 3.05) is 12.5 Å². The molecule has 8 nitrogen and oxygen atoms in total. The number of ether oxygens (including phenoxy) is 1. The minimum atomic E-state index is -0.595. The Hall–Kier alpha value is -3.59. The highest BCUT2D eigenvalue weighted by atomic mass is 32.2. The number of hydrogen-bond donors (Lipinski definition) is 0. The molecule has 2 aromatic carbocycles. The number of esters is 1. The smallest absolute Gasteiger partial charge is 0.318 e. The Morgan fingerprint density at radius 1 is 0.931 bits per heavy atom. The summed E-state index contributed by atoms with van der Waals surface area (Å²) in [6, 6.07) is 16.0. The lowest BCUT2D eigenvalue weighted by molar-refractivity contribution is -0.142. The van der Waals surface area contributed by atoms with Crippen molar-refractivity contribution in [2.45, 2.75) is 5.16 Å². The number of hydrogen-bond acceptors (Lipinski definition) is 8. The molecule has 2 amide bonds. The summed E-state index contributed by atoms with van der Waals surface area (Å²) >= 11 is 1.06. The zero-order chi connectivity index (χ0) is 20.2. The summed E-state index contributed by atoms with van der Waals surface area (Å²) in [7, 11) is 0. The van der Waals surface area contributed by atoms with Gasteiger partial charge in [-0.3, -0.25) is 14.4 Å². The maximum atomic E-state index is 12.2. The first kappa shape index (κ1) is 18.8. The molecular weight excluding hydrogens is 392 g/mol. The van der Waals surface area contributed by atoms with Crippen LogP contribution < -0.4 is 0 Å². The van der Waals surface area contributed by atoms with Crippen molar-refractivity contribution >= 4 is 29.5 Å². The van der Waals surface area contributed by atoms with Gasteiger partial charge < -0.3 is 4.74 Å². The van der Waals surface area contributed by atoms with Crippen molar-refractivity contribution < 1.29 is 19.1 Å². The third-order valence-electron chi connectivity index (χ3n) is 4.16. The van der Waals surface area contributed by atoms with Crippen molar-refractivity contribution in [2.24, 2.45) is 0 Å². The molecule has 0 bridgehead atoms. The van der Waals surface area contributed by atoms with Crippen molar-refractivity contribution in [3.05, 3.63) is 71.9 Å². The van der Waals surface area contributed by atoms with Gasteiger partial charge in [-0.25, -0.2) is 9.88 Å². The lowest BCUT2D eigenvalue weighted by Gasteiger charge is -2.13. The summed E-state index contributed by atoms with van der Waals surface area (Å²) in [6.45, 7) is -0.433. The molecule has 0 fully saturated rings. The molecule has 4 rings (SSSR count). The highest BCUT2D eigenvalue weighted by molar-refractivity contribution is 7.99. The van der Waals surface area contributed by atoms with E-state index in [0.717, 1.165) is 22.2 Å². The largest absolute Gasteiger partial charge is 0.443 e. The fourth-order valence-electron chi connectivity index (χ4n) is 2.73. The lowest BCUT2D eigenvalue weighted by Crippen LogP contribution is -2.33. The van der Waals surface area contributed by atoms with Gasteiger partial charge in [0.1, 0.15) is 5.69 Å². The molecule has 0 aliphatic carbocycles. The van der Waals surface area contributed by atoms with Crippen molar-refractivity contribution in [1.82, 2.24) is 20.1 Å². The van der Waals surface area contributed by atoms with Gasteiger partial charge >= 0.3 is 5.97 Å². The van der Waals surface area contributed by atoms with Crippen molar-refractivity contribution in [3.8, 4) is 11.3 Å². The fourth-order valence-corrected chi connectivity index (χ4v) is 3.29. The number of nitrogens with zero attached hydrogens (tertiary/aromatic N) is 4. The average Bonchev–Trinajstić information content (AvgIpc) is 3.02. The minimum absolute atomic E-state index is 0.0739. The van der Waals surface area contributed by atoms with Crippen LogP contribution in [0.2, 0.25) is 0 Å². The zero-order valence-electron chi connectivity index (χ0n) is 15.0. The number of thioether (sulfide) groups is 1. The standard InChI is InChI=1S/C20H14N4O4S/c25-17(28-12-24-18(26)14-8-4-5-9-15(14)19(24)27)11-29-20-21-10-16(22-23-20)13-6-2-1-3-7-13/h1-10H,11-12H2. The van der Waals surface area contributed by atoms with E-state index >= 15 is 0 Å². The van der Waals surface area contributed by atoms with E-state index in [-0.39, 0.29) is 5.75 Å². The van der Waals surface area contributed by atoms with E-state index in [9.17, 15) is 14.4 Å². The lowest BCUT2D eigenvalue weighted by atomic mass is 10.1. The van der Waals surface area contributed by atoms with Gasteiger partial charge in [-0.15, -0.1) is 10.2 Å². The van der Waals surface area contributed by atoms with E-state index in [4.69, 9.17) is 4.74 Å². The van der Waals surface area contributed by atoms with E-state index in [1.807, 2.05) is 30.3 Å². The first-order valence-corrected chi connectivity index (χ1v) is 9.61. The summed E-state index contributed by atoms with van der Waals surface area (Å²) in [5, 5.41) is 8.41. The van der Waals surface area contributed by atoms with Crippen LogP contribution in [0.25, 0.3) is 11.3 Å². The Morgan fingerprint density at radius 3 is 2.21 bits per heavy atom. The molecular formula is C20H14N4O4S. The molecule has 1 aliphatic heterocycles. The Bertz CT molecular complexity index is 1040. The summed E-state index contributed by atoms with van der Waals surface area (Å²) in [4.78, 5) is 41.5. The van der Waals surface area contributed by atoms with Gasteiger partial charge in [0.2, 0.25) is 5.16 Å². The monoisotopic (exact) mass is 406 g/mol. The highest BCUT2D eigenvalue weighted by Crippen LogP contribution is 2.22. The number of rotatable bonds is 6. The molecule has 1 aromatic heterocycles. The number of aromatic nitrogens is 3. The van der Waals surface area contributed by atoms with Gasteiger partial charge in [-0.1, -0.05) is 54.2 Å². The third-order valence-corrected chi connectivity index (χ3v) is 4.99. The van der Waals surface area contributed by atoms with E-state index in [0.29, 0.717) is 22.0 Å². The Kier molecular flexibility index (Phi) is 5.30. The molecule has 0 atom stereocenters. The second kappa shape index (κ2) is 8.19. The van der Waals surface area contributed by atoms with Crippen LogP contribution >= 0.6 is 11.8 Å². The SMILES string of the molecule is O=C(CSc1ncc(-c2ccccc2)nn1)OCN1C(=O)c2ccccc2C1=O. The molecule has 29 heavy (non-hydrogen) atoms. The van der Waals surface area contributed by atoms with Gasteiger partial charge in [0, 0.05) is 5.56 Å². The van der Waals surface area contributed by atoms with E-state index < -0.39 is 24.5 Å². The molecule has 144 valence electrons. The molecule has 0 spiro atoms. The minimum Gasteiger partial charge on any atom is -0.443 e. The van der Waals surface area contributed by atoms with Crippen LogP contribution in [0.4, 0.5) is 0 Å². The second-order valence-corrected chi connectivity index (χ2v) is 6.95.